The molecule has 17 unspecified atom stereocenters. The summed E-state index contributed by atoms with van der Waals surface area (Å²) in [4.78, 5) is 32.7. The SMILES string of the molecule is CN=C(N)NC(CCO)C1C(C)CC2C(=O)C3CC(OC)CC(OC4OC(CO)C(O)(CCC5CCNC(N)C5)C(O)C4O)C3C(=O)C2C1O. The molecule has 5 aliphatic rings. The Hall–Kier alpha value is -1.83. The molecule has 0 aromatic rings. The number of ether oxygens (including phenoxy) is 3. The summed E-state index contributed by atoms with van der Waals surface area (Å²) in [5.74, 6) is -4.49. The Kier molecular flexibility index (Phi) is 13.0. The van der Waals surface area contributed by atoms with Gasteiger partial charge < -0.3 is 67.0 Å². The predicted octanol–water partition coefficient (Wildman–Crippen LogP) is -2.67. The monoisotopic (exact) mass is 713 g/mol. The molecule has 0 amide bonds. The summed E-state index contributed by atoms with van der Waals surface area (Å²) in [6.45, 7) is 1.76. The van der Waals surface area contributed by atoms with E-state index in [1.165, 1.54) is 14.2 Å². The van der Waals surface area contributed by atoms with E-state index in [0.717, 1.165) is 13.0 Å². The van der Waals surface area contributed by atoms with E-state index in [2.05, 4.69) is 15.6 Å². The van der Waals surface area contributed by atoms with Gasteiger partial charge in [-0.2, -0.15) is 0 Å². The number of aliphatic hydroxyl groups is 6. The lowest BCUT2D eigenvalue weighted by Crippen LogP contribution is -2.68. The summed E-state index contributed by atoms with van der Waals surface area (Å²) in [7, 11) is 3.01. The maximum absolute atomic E-state index is 14.5. The van der Waals surface area contributed by atoms with E-state index in [1.807, 2.05) is 6.92 Å². The van der Waals surface area contributed by atoms with Crippen LogP contribution in [0.2, 0.25) is 0 Å². The molecule has 0 aromatic carbocycles. The van der Waals surface area contributed by atoms with E-state index < -0.39 is 90.8 Å². The number of aliphatic hydroxyl groups excluding tert-OH is 5. The first kappa shape index (κ1) is 39.4. The van der Waals surface area contributed by atoms with Crippen LogP contribution in [0.5, 0.6) is 0 Å². The molecule has 5 rings (SSSR count). The van der Waals surface area contributed by atoms with Crippen molar-refractivity contribution in [3.05, 3.63) is 0 Å². The largest absolute Gasteiger partial charge is 0.396 e. The molecule has 17 atom stereocenters. The van der Waals surface area contributed by atoms with Crippen molar-refractivity contribution in [1.82, 2.24) is 10.6 Å². The fraction of sp³-hybridized carbons (Fsp3) is 0.912. The second-order valence-corrected chi connectivity index (χ2v) is 15.3. The Morgan fingerprint density at radius 2 is 1.82 bits per heavy atom. The topological polar surface area (TPSA) is 272 Å². The van der Waals surface area contributed by atoms with Crippen molar-refractivity contribution in [3.63, 3.8) is 0 Å². The lowest BCUT2D eigenvalue weighted by atomic mass is 9.53. The number of Topliss-reactive ketones (excluding diaryl/α,β-unsaturated/α-hetero) is 2. The van der Waals surface area contributed by atoms with Crippen LogP contribution in [0.1, 0.15) is 58.3 Å². The molecule has 2 aliphatic heterocycles. The van der Waals surface area contributed by atoms with Gasteiger partial charge in [0.25, 0.3) is 0 Å². The molecule has 0 bridgehead atoms. The number of hydrogen-bond acceptors (Lipinski definition) is 14. The smallest absolute Gasteiger partial charge is 0.188 e. The van der Waals surface area contributed by atoms with E-state index in [4.69, 9.17) is 25.7 Å². The zero-order valence-corrected chi connectivity index (χ0v) is 29.3. The van der Waals surface area contributed by atoms with Crippen molar-refractivity contribution in [2.24, 2.45) is 57.9 Å². The van der Waals surface area contributed by atoms with Gasteiger partial charge >= 0.3 is 0 Å². The summed E-state index contributed by atoms with van der Waals surface area (Å²) in [6.07, 6.45) is -6.20. The average molecular weight is 714 g/mol. The standard InChI is InChI=1S/C34H59N5O11/c1-15-10-18-26(28(43)24(15)20(6-9-40)39-33(36)37-2)29(44)25-19(27(18)42)12-17(48-3)13-21(25)49-32-30(45)31(46)34(47,22(14-41)50-32)7-4-16-5-8-38-23(35)11-16/h15-26,28,30-32,38,40-41,43,45-47H,4-14,35H2,1-3H3,(H3,36,37,39). The van der Waals surface area contributed by atoms with E-state index in [9.17, 15) is 40.2 Å². The van der Waals surface area contributed by atoms with Gasteiger partial charge in [-0.3, -0.25) is 14.6 Å². The first-order valence-corrected chi connectivity index (χ1v) is 18.2. The van der Waals surface area contributed by atoms with Crippen LogP contribution in [0.15, 0.2) is 4.99 Å². The highest BCUT2D eigenvalue weighted by Gasteiger charge is 2.62. The van der Waals surface area contributed by atoms with E-state index >= 15 is 0 Å². The van der Waals surface area contributed by atoms with Crippen molar-refractivity contribution >= 4 is 17.5 Å². The number of nitrogens with one attached hydrogen (secondary N) is 2. The quantitative estimate of drug-likeness (QED) is 0.0773. The highest BCUT2D eigenvalue weighted by molar-refractivity contribution is 6.00. The van der Waals surface area contributed by atoms with Gasteiger partial charge in [0.05, 0.1) is 42.9 Å². The number of carbonyl (C=O) groups excluding carboxylic acids is 2. The van der Waals surface area contributed by atoms with Crippen molar-refractivity contribution in [1.29, 1.82) is 0 Å². The Bertz CT molecular complexity index is 1210. The van der Waals surface area contributed by atoms with Crippen LogP contribution < -0.4 is 22.1 Å². The Labute approximate surface area is 293 Å². The highest BCUT2D eigenvalue weighted by Crippen LogP contribution is 2.51. The number of hydrogen-bond donors (Lipinski definition) is 10. The van der Waals surface area contributed by atoms with E-state index in [-0.39, 0.29) is 67.8 Å². The number of rotatable bonds is 11. The summed E-state index contributed by atoms with van der Waals surface area (Å²) in [5.41, 5.74) is 10.0. The average Bonchev–Trinajstić information content (AvgIpc) is 3.09. The molecule has 12 N–H and O–H groups in total. The third kappa shape index (κ3) is 7.62. The molecule has 3 saturated carbocycles. The van der Waals surface area contributed by atoms with E-state index in [1.54, 1.807) is 0 Å². The molecule has 0 aromatic heterocycles. The van der Waals surface area contributed by atoms with Crippen LogP contribution in [-0.2, 0) is 23.8 Å². The molecule has 0 radical (unpaired) electrons. The summed E-state index contributed by atoms with van der Waals surface area (Å²) >= 11 is 0. The number of nitrogens with two attached hydrogens (primary N) is 2. The maximum atomic E-state index is 14.5. The van der Waals surface area contributed by atoms with Crippen LogP contribution in [-0.4, -0.2) is 143 Å². The number of guanidine groups is 1. The molecule has 0 spiro atoms. The molecule has 3 aliphatic carbocycles. The lowest BCUT2D eigenvalue weighted by Gasteiger charge is -2.54. The molecule has 50 heavy (non-hydrogen) atoms. The number of carbonyl (C=O) groups is 2. The van der Waals surface area contributed by atoms with Crippen LogP contribution in [0, 0.1) is 41.4 Å². The minimum Gasteiger partial charge on any atom is -0.396 e. The summed E-state index contributed by atoms with van der Waals surface area (Å²) in [5, 5.41) is 72.4. The summed E-state index contributed by atoms with van der Waals surface area (Å²) < 4.78 is 17.9. The third-order valence-electron chi connectivity index (χ3n) is 12.5. The Morgan fingerprint density at radius 3 is 2.46 bits per heavy atom. The van der Waals surface area contributed by atoms with Crippen molar-refractivity contribution in [2.75, 3.05) is 33.9 Å². The van der Waals surface area contributed by atoms with Crippen molar-refractivity contribution < 1.29 is 54.4 Å². The van der Waals surface area contributed by atoms with Gasteiger partial charge in [-0.1, -0.05) is 6.92 Å². The normalized spacial score (nSPS) is 46.2. The zero-order valence-electron chi connectivity index (χ0n) is 29.3. The molecular formula is C34H59N5O11. The number of aliphatic imine (C=N–C) groups is 1. The highest BCUT2D eigenvalue weighted by atomic mass is 16.7. The lowest BCUT2D eigenvalue weighted by molar-refractivity contribution is -0.346. The van der Waals surface area contributed by atoms with Gasteiger partial charge in [0.1, 0.15) is 35.5 Å². The van der Waals surface area contributed by atoms with E-state index in [0.29, 0.717) is 19.3 Å². The second-order valence-electron chi connectivity index (χ2n) is 15.3. The first-order chi connectivity index (χ1) is 23.8. The third-order valence-corrected chi connectivity index (χ3v) is 12.5. The maximum Gasteiger partial charge on any atom is 0.188 e. The van der Waals surface area contributed by atoms with Crippen LogP contribution in [0.25, 0.3) is 0 Å². The molecule has 286 valence electrons. The van der Waals surface area contributed by atoms with Crippen molar-refractivity contribution in [3.8, 4) is 0 Å². The van der Waals surface area contributed by atoms with Gasteiger partial charge in [0, 0.05) is 51.0 Å². The van der Waals surface area contributed by atoms with Crippen LogP contribution in [0.3, 0.4) is 0 Å². The number of ketones is 2. The van der Waals surface area contributed by atoms with Crippen LogP contribution in [0.4, 0.5) is 0 Å². The second kappa shape index (κ2) is 16.5. The fourth-order valence-electron chi connectivity index (χ4n) is 9.78. The molecule has 2 saturated heterocycles. The number of piperidine rings is 1. The minimum atomic E-state index is -1.99. The van der Waals surface area contributed by atoms with Gasteiger partial charge in [0.2, 0.25) is 0 Å². The molecule has 16 nitrogen and oxygen atoms in total. The molecular weight excluding hydrogens is 654 g/mol. The molecule has 16 heteroatoms. The summed E-state index contributed by atoms with van der Waals surface area (Å²) in [6, 6.07) is -0.514. The van der Waals surface area contributed by atoms with Gasteiger partial charge in [0.15, 0.2) is 12.2 Å². The fourth-order valence-corrected chi connectivity index (χ4v) is 9.78. The number of nitrogens with zero attached hydrogens (tertiary/aromatic N) is 1. The first-order valence-electron chi connectivity index (χ1n) is 18.2. The Balaban J connectivity index is 1.37. The predicted molar refractivity (Wildman–Crippen MR) is 179 cm³/mol. The number of fused-ring (bicyclic) bond motifs is 2. The Morgan fingerprint density at radius 1 is 1.10 bits per heavy atom. The minimum absolute atomic E-state index is 0.0376. The van der Waals surface area contributed by atoms with Crippen molar-refractivity contribution in [2.45, 2.75) is 119 Å². The molecule has 5 fully saturated rings. The molecule has 2 heterocycles. The van der Waals surface area contributed by atoms with Gasteiger partial charge in [-0.05, 0) is 63.3 Å². The van der Waals surface area contributed by atoms with Gasteiger partial charge in [-0.25, -0.2) is 0 Å². The van der Waals surface area contributed by atoms with Crippen LogP contribution >= 0.6 is 0 Å². The van der Waals surface area contributed by atoms with Gasteiger partial charge in [-0.15, -0.1) is 0 Å². The zero-order chi connectivity index (χ0) is 36.5. The number of methoxy groups -OCH3 is 1.